The summed E-state index contributed by atoms with van der Waals surface area (Å²) in [6.07, 6.45) is 1.47. The topological polar surface area (TPSA) is 106 Å². The van der Waals surface area contributed by atoms with Crippen molar-refractivity contribution in [2.24, 2.45) is 0 Å². The first-order valence-corrected chi connectivity index (χ1v) is 10.8. The summed E-state index contributed by atoms with van der Waals surface area (Å²) in [5.74, 6) is -0.332. The van der Waals surface area contributed by atoms with Crippen molar-refractivity contribution in [2.45, 2.75) is 25.9 Å². The van der Waals surface area contributed by atoms with Crippen LogP contribution >= 0.6 is 11.3 Å². The normalized spacial score (nSPS) is 18.2. The van der Waals surface area contributed by atoms with Gasteiger partial charge in [-0.25, -0.2) is 14.5 Å². The highest BCUT2D eigenvalue weighted by atomic mass is 32.1. The highest BCUT2D eigenvalue weighted by Crippen LogP contribution is 2.32. The van der Waals surface area contributed by atoms with Crippen LogP contribution in [0.15, 0.2) is 60.2 Å². The van der Waals surface area contributed by atoms with Crippen LogP contribution in [0.2, 0.25) is 0 Å². The second-order valence-electron chi connectivity index (χ2n) is 7.76. The van der Waals surface area contributed by atoms with Gasteiger partial charge in [0.25, 0.3) is 5.91 Å². The van der Waals surface area contributed by atoms with Crippen LogP contribution in [0.5, 0.6) is 0 Å². The van der Waals surface area contributed by atoms with Crippen LogP contribution < -0.4 is 5.32 Å². The molecule has 2 aromatic carbocycles. The van der Waals surface area contributed by atoms with Crippen molar-refractivity contribution in [1.29, 1.82) is 0 Å². The third kappa shape index (κ3) is 3.44. The van der Waals surface area contributed by atoms with Crippen LogP contribution in [0.3, 0.4) is 0 Å². The van der Waals surface area contributed by atoms with Crippen molar-refractivity contribution in [3.63, 3.8) is 0 Å². The molecule has 160 valence electrons. The highest BCUT2D eigenvalue weighted by molar-refractivity contribution is 7.13. The fraction of sp³-hybridized carbons (Fsp3) is 0.182. The predicted octanol–water partition coefficient (Wildman–Crippen LogP) is 3.06. The molecule has 0 bridgehead atoms. The lowest BCUT2D eigenvalue weighted by Gasteiger charge is -2.22. The summed E-state index contributed by atoms with van der Waals surface area (Å²) in [5, 5.41) is 16.7. The van der Waals surface area contributed by atoms with Gasteiger partial charge < -0.3 is 5.32 Å². The molecule has 1 N–H and O–H groups in total. The molecule has 0 aliphatic carbocycles. The van der Waals surface area contributed by atoms with Crippen molar-refractivity contribution in [3.05, 3.63) is 77.1 Å². The van der Waals surface area contributed by atoms with Crippen LogP contribution in [-0.4, -0.2) is 42.0 Å². The van der Waals surface area contributed by atoms with E-state index in [1.165, 1.54) is 32.8 Å². The van der Waals surface area contributed by atoms with E-state index in [1.807, 2.05) is 42.6 Å². The van der Waals surface area contributed by atoms with Gasteiger partial charge in [-0.2, -0.15) is 0 Å². The molecule has 0 spiro atoms. The Morgan fingerprint density at radius 1 is 1.12 bits per heavy atom. The molecule has 1 saturated heterocycles. The van der Waals surface area contributed by atoms with E-state index >= 15 is 0 Å². The van der Waals surface area contributed by atoms with E-state index in [-0.39, 0.29) is 12.5 Å². The van der Waals surface area contributed by atoms with E-state index in [9.17, 15) is 9.59 Å². The van der Waals surface area contributed by atoms with Gasteiger partial charge in [-0.15, -0.1) is 16.4 Å². The van der Waals surface area contributed by atoms with E-state index in [0.717, 1.165) is 10.6 Å². The number of hydrogen-bond donors (Lipinski definition) is 1. The molecule has 5 rings (SSSR count). The van der Waals surface area contributed by atoms with Gasteiger partial charge in [-0.3, -0.25) is 9.69 Å². The minimum atomic E-state index is -1.20. The molecule has 32 heavy (non-hydrogen) atoms. The Kier molecular flexibility index (Phi) is 4.78. The lowest BCUT2D eigenvalue weighted by molar-refractivity contribution is -0.131. The third-order valence-electron chi connectivity index (χ3n) is 5.48. The molecule has 1 aliphatic rings. The van der Waals surface area contributed by atoms with E-state index in [2.05, 4.69) is 25.8 Å². The number of nitrogens with one attached hydrogen (secondary N) is 1. The summed E-state index contributed by atoms with van der Waals surface area (Å²) >= 11 is 1.49. The number of nitrogens with zero attached hydrogens (tertiary/aromatic N) is 6. The van der Waals surface area contributed by atoms with Gasteiger partial charge in [0.2, 0.25) is 0 Å². The molecule has 3 heterocycles. The summed E-state index contributed by atoms with van der Waals surface area (Å²) in [4.78, 5) is 31.9. The number of imide groups is 1. The molecular weight excluding hydrogens is 426 g/mol. The summed E-state index contributed by atoms with van der Waals surface area (Å²) in [7, 11) is 0. The van der Waals surface area contributed by atoms with Crippen molar-refractivity contribution < 1.29 is 9.59 Å². The number of hydrogen-bond acceptors (Lipinski definition) is 7. The Bertz CT molecular complexity index is 1300. The lowest BCUT2D eigenvalue weighted by Crippen LogP contribution is -2.40. The zero-order valence-corrected chi connectivity index (χ0v) is 18.2. The molecule has 9 nitrogen and oxygen atoms in total. The van der Waals surface area contributed by atoms with Crippen molar-refractivity contribution in [3.8, 4) is 16.3 Å². The standard InChI is InChI=1S/C22H19N7O2S/c1-14-6-8-15(9-7-14)19-24-17(12-32-19)11-28-20(30)22(2,25-21(28)31)16-4-3-5-18(10-16)29-13-23-26-27-29/h3-10,12-13H,11H2,1-2H3,(H,25,31). The van der Waals surface area contributed by atoms with Crippen LogP contribution in [0.25, 0.3) is 16.3 Å². The Balaban J connectivity index is 1.39. The second-order valence-corrected chi connectivity index (χ2v) is 8.62. The molecular formula is C22H19N7O2S. The van der Waals surface area contributed by atoms with Gasteiger partial charge >= 0.3 is 6.03 Å². The third-order valence-corrected chi connectivity index (χ3v) is 6.42. The van der Waals surface area contributed by atoms with Crippen molar-refractivity contribution >= 4 is 23.3 Å². The quantitative estimate of drug-likeness (QED) is 0.473. The molecule has 1 atom stereocenters. The number of thiazole rings is 1. The Hall–Kier alpha value is -3.92. The zero-order chi connectivity index (χ0) is 22.3. The van der Waals surface area contributed by atoms with Crippen LogP contribution in [0.1, 0.15) is 23.7 Å². The number of carbonyl (C=O) groups is 2. The van der Waals surface area contributed by atoms with Gasteiger partial charge in [0, 0.05) is 10.9 Å². The maximum atomic E-state index is 13.3. The summed E-state index contributed by atoms with van der Waals surface area (Å²) in [6, 6.07) is 14.9. The number of aromatic nitrogens is 5. The van der Waals surface area contributed by atoms with Gasteiger partial charge in [-0.05, 0) is 42.0 Å². The summed E-state index contributed by atoms with van der Waals surface area (Å²) < 4.78 is 1.49. The molecule has 0 radical (unpaired) electrons. The molecule has 0 saturated carbocycles. The monoisotopic (exact) mass is 445 g/mol. The maximum absolute atomic E-state index is 13.3. The van der Waals surface area contributed by atoms with Gasteiger partial charge in [0.05, 0.1) is 17.9 Å². The second kappa shape index (κ2) is 7.65. The van der Waals surface area contributed by atoms with Crippen LogP contribution in [-0.2, 0) is 16.9 Å². The first-order chi connectivity index (χ1) is 15.4. The minimum Gasteiger partial charge on any atom is -0.319 e. The van der Waals surface area contributed by atoms with Crippen molar-refractivity contribution in [1.82, 2.24) is 35.4 Å². The number of benzene rings is 2. The first-order valence-electron chi connectivity index (χ1n) is 9.93. The number of carbonyl (C=O) groups excluding carboxylic acids is 2. The van der Waals surface area contributed by atoms with Gasteiger partial charge in [0.1, 0.15) is 16.9 Å². The fourth-order valence-electron chi connectivity index (χ4n) is 3.65. The number of rotatable bonds is 5. The molecule has 1 aliphatic heterocycles. The highest BCUT2D eigenvalue weighted by Gasteiger charge is 2.49. The van der Waals surface area contributed by atoms with E-state index in [4.69, 9.17) is 0 Å². The van der Waals surface area contributed by atoms with Crippen molar-refractivity contribution in [2.75, 3.05) is 0 Å². The lowest BCUT2D eigenvalue weighted by atomic mass is 9.91. The Morgan fingerprint density at radius 3 is 2.69 bits per heavy atom. The van der Waals surface area contributed by atoms with Crippen LogP contribution in [0.4, 0.5) is 4.79 Å². The minimum absolute atomic E-state index is 0.106. The van der Waals surface area contributed by atoms with Gasteiger partial charge in [-0.1, -0.05) is 42.0 Å². The van der Waals surface area contributed by atoms with E-state index < -0.39 is 11.6 Å². The number of amides is 3. The number of urea groups is 1. The molecule has 1 unspecified atom stereocenters. The van der Waals surface area contributed by atoms with Crippen LogP contribution in [0, 0.1) is 6.92 Å². The predicted molar refractivity (Wildman–Crippen MR) is 118 cm³/mol. The number of tetrazole rings is 1. The summed E-state index contributed by atoms with van der Waals surface area (Å²) in [5.41, 5.74) is 2.99. The van der Waals surface area contributed by atoms with E-state index in [0.29, 0.717) is 16.9 Å². The summed E-state index contributed by atoms with van der Waals surface area (Å²) in [6.45, 7) is 3.84. The van der Waals surface area contributed by atoms with E-state index in [1.54, 1.807) is 25.1 Å². The Morgan fingerprint density at radius 2 is 1.94 bits per heavy atom. The largest absolute Gasteiger partial charge is 0.325 e. The average Bonchev–Trinajstić information content (AvgIpc) is 3.53. The molecule has 2 aromatic heterocycles. The first kappa shape index (κ1) is 20.0. The zero-order valence-electron chi connectivity index (χ0n) is 17.4. The molecule has 1 fully saturated rings. The maximum Gasteiger partial charge on any atom is 0.325 e. The average molecular weight is 446 g/mol. The SMILES string of the molecule is Cc1ccc(-c2nc(CN3C(=O)NC(C)(c4cccc(-n5cnnn5)c4)C3=O)cs2)cc1. The molecule has 4 aromatic rings. The number of aryl methyl sites for hydroxylation is 1. The molecule has 3 amide bonds. The Labute approximate surface area is 187 Å². The fourth-order valence-corrected chi connectivity index (χ4v) is 4.46. The molecule has 10 heteroatoms. The van der Waals surface area contributed by atoms with Gasteiger partial charge in [0.15, 0.2) is 0 Å². The smallest absolute Gasteiger partial charge is 0.319 e.